The van der Waals surface area contributed by atoms with Crippen LogP contribution in [0.15, 0.2) is 42.5 Å². The molecule has 0 heterocycles. The van der Waals surface area contributed by atoms with E-state index in [0.29, 0.717) is 0 Å². The normalized spacial score (nSPS) is 12.6. The van der Waals surface area contributed by atoms with Crippen LogP contribution in [0.2, 0.25) is 0 Å². The molecule has 1 nitrogen and oxygen atoms in total. The lowest BCUT2D eigenvalue weighted by Gasteiger charge is -2.18. The second kappa shape index (κ2) is 5.72. The third-order valence-corrected chi connectivity index (χ3v) is 2.98. The molecule has 89 valence electrons. The second-order valence-electron chi connectivity index (χ2n) is 4.29. The fraction of sp³-hybridized carbons (Fsp3) is 0.312. The van der Waals surface area contributed by atoms with Crippen molar-refractivity contribution in [2.24, 2.45) is 0 Å². The first-order valence-corrected chi connectivity index (χ1v) is 6.28. The lowest BCUT2D eigenvalue weighted by atomic mass is 10.1. The van der Waals surface area contributed by atoms with Crippen LogP contribution in [0.5, 0.6) is 5.75 Å². The van der Waals surface area contributed by atoms with Crippen molar-refractivity contribution in [3.8, 4) is 5.75 Å². The third-order valence-electron chi connectivity index (χ3n) is 2.98. The number of benzene rings is 2. The highest BCUT2D eigenvalue weighted by atomic mass is 16.5. The predicted molar refractivity (Wildman–Crippen MR) is 73.2 cm³/mol. The fourth-order valence-corrected chi connectivity index (χ4v) is 2.06. The molecule has 0 unspecified atom stereocenters. The van der Waals surface area contributed by atoms with Gasteiger partial charge in [-0.05, 0) is 31.2 Å². The van der Waals surface area contributed by atoms with Gasteiger partial charge >= 0.3 is 0 Å². The van der Waals surface area contributed by atoms with E-state index < -0.39 is 0 Å². The van der Waals surface area contributed by atoms with Crippen LogP contribution in [0.4, 0.5) is 0 Å². The zero-order valence-electron chi connectivity index (χ0n) is 10.4. The smallest absolute Gasteiger partial charge is 0.127 e. The van der Waals surface area contributed by atoms with Gasteiger partial charge in [0.2, 0.25) is 0 Å². The average Bonchev–Trinajstić information content (AvgIpc) is 2.38. The Kier molecular flexibility index (Phi) is 4.03. The van der Waals surface area contributed by atoms with Gasteiger partial charge in [-0.2, -0.15) is 0 Å². The predicted octanol–water partition coefficient (Wildman–Crippen LogP) is 4.61. The van der Waals surface area contributed by atoms with E-state index in [1.54, 1.807) is 0 Å². The van der Waals surface area contributed by atoms with E-state index in [1.807, 2.05) is 18.2 Å². The molecule has 2 aromatic carbocycles. The third kappa shape index (κ3) is 2.79. The molecule has 1 heteroatoms. The minimum absolute atomic E-state index is 0.228. The Hall–Kier alpha value is -1.50. The minimum Gasteiger partial charge on any atom is -0.490 e. The largest absolute Gasteiger partial charge is 0.490 e. The zero-order chi connectivity index (χ0) is 12.1. The van der Waals surface area contributed by atoms with Crippen molar-refractivity contribution in [1.29, 1.82) is 0 Å². The van der Waals surface area contributed by atoms with Gasteiger partial charge < -0.3 is 4.74 Å². The lowest BCUT2D eigenvalue weighted by molar-refractivity contribution is 0.195. The van der Waals surface area contributed by atoms with Crippen LogP contribution in [0.1, 0.15) is 26.2 Å². The summed E-state index contributed by atoms with van der Waals surface area (Å²) < 4.78 is 6.05. The van der Waals surface area contributed by atoms with E-state index >= 15 is 0 Å². The highest BCUT2D eigenvalue weighted by Crippen LogP contribution is 2.27. The van der Waals surface area contributed by atoms with Crippen molar-refractivity contribution >= 4 is 10.8 Å². The van der Waals surface area contributed by atoms with Crippen molar-refractivity contribution in [2.45, 2.75) is 32.3 Å². The molecule has 0 aliphatic heterocycles. The summed E-state index contributed by atoms with van der Waals surface area (Å²) in [5.41, 5.74) is 0. The Balaban J connectivity index is 2.28. The Bertz CT molecular complexity index is 470. The lowest BCUT2D eigenvalue weighted by Crippen LogP contribution is -2.14. The summed E-state index contributed by atoms with van der Waals surface area (Å²) in [6, 6.07) is 14.5. The molecular formula is C16H19O. The summed E-state index contributed by atoms with van der Waals surface area (Å²) in [6.07, 6.45) is 3.24. The van der Waals surface area contributed by atoms with E-state index in [2.05, 4.69) is 38.1 Å². The van der Waals surface area contributed by atoms with Gasteiger partial charge in [0.15, 0.2) is 0 Å². The van der Waals surface area contributed by atoms with Gasteiger partial charge in [0.25, 0.3) is 0 Å². The van der Waals surface area contributed by atoms with Gasteiger partial charge in [-0.1, -0.05) is 49.7 Å². The molecule has 0 aliphatic rings. The molecule has 1 radical (unpaired) electrons. The summed E-state index contributed by atoms with van der Waals surface area (Å²) in [5, 5.41) is 2.41. The van der Waals surface area contributed by atoms with Gasteiger partial charge in [0.1, 0.15) is 5.75 Å². The molecule has 0 spiro atoms. The first-order valence-electron chi connectivity index (χ1n) is 6.28. The zero-order valence-corrected chi connectivity index (χ0v) is 10.4. The molecule has 0 N–H and O–H groups in total. The van der Waals surface area contributed by atoms with Crippen LogP contribution in [-0.4, -0.2) is 6.10 Å². The average molecular weight is 227 g/mol. The maximum Gasteiger partial charge on any atom is 0.127 e. The maximum absolute atomic E-state index is 6.05. The SMILES string of the molecule is [CH2]C[C@H](CCC)Oc1cccc2ccccc12. The van der Waals surface area contributed by atoms with Gasteiger partial charge in [-0.25, -0.2) is 0 Å². The molecule has 2 rings (SSSR count). The van der Waals surface area contributed by atoms with Crippen LogP contribution < -0.4 is 4.74 Å². The van der Waals surface area contributed by atoms with Crippen molar-refractivity contribution in [1.82, 2.24) is 0 Å². The molecule has 0 saturated carbocycles. The van der Waals surface area contributed by atoms with Crippen LogP contribution in [-0.2, 0) is 0 Å². The van der Waals surface area contributed by atoms with Gasteiger partial charge in [0.05, 0.1) is 6.10 Å². The van der Waals surface area contributed by atoms with Gasteiger partial charge in [-0.3, -0.25) is 0 Å². The molecular weight excluding hydrogens is 208 g/mol. The second-order valence-corrected chi connectivity index (χ2v) is 4.29. The topological polar surface area (TPSA) is 9.23 Å². The number of ether oxygens (including phenoxy) is 1. The number of rotatable bonds is 5. The molecule has 0 amide bonds. The van der Waals surface area contributed by atoms with Crippen LogP contribution in [0.3, 0.4) is 0 Å². The Morgan fingerprint density at radius 3 is 2.65 bits per heavy atom. The maximum atomic E-state index is 6.05. The Morgan fingerprint density at radius 2 is 1.88 bits per heavy atom. The summed E-state index contributed by atoms with van der Waals surface area (Å²) in [5.74, 6) is 0.977. The van der Waals surface area contributed by atoms with Crippen molar-refractivity contribution in [3.63, 3.8) is 0 Å². The Labute approximate surface area is 103 Å². The van der Waals surface area contributed by atoms with Crippen LogP contribution in [0.25, 0.3) is 10.8 Å². The van der Waals surface area contributed by atoms with Gasteiger partial charge in [0, 0.05) is 5.39 Å². The summed E-state index contributed by atoms with van der Waals surface area (Å²) in [6.45, 7) is 6.13. The number of fused-ring (bicyclic) bond motifs is 1. The van der Waals surface area contributed by atoms with Crippen molar-refractivity contribution < 1.29 is 4.74 Å². The summed E-state index contributed by atoms with van der Waals surface area (Å²) in [7, 11) is 0. The molecule has 0 aromatic heterocycles. The first kappa shape index (κ1) is 12.0. The van der Waals surface area contributed by atoms with E-state index in [0.717, 1.165) is 25.0 Å². The highest BCUT2D eigenvalue weighted by Gasteiger charge is 2.08. The van der Waals surface area contributed by atoms with E-state index in [4.69, 9.17) is 4.74 Å². The van der Waals surface area contributed by atoms with Crippen LogP contribution >= 0.6 is 0 Å². The molecule has 0 bridgehead atoms. The fourth-order valence-electron chi connectivity index (χ4n) is 2.06. The molecule has 2 aromatic rings. The van der Waals surface area contributed by atoms with E-state index in [1.165, 1.54) is 10.8 Å². The standard InChI is InChI=1S/C16H19O/c1-3-8-14(4-2)17-16-12-7-10-13-9-5-6-11-15(13)16/h5-7,9-12,14H,2-4,8H2,1H3/t14-/m1/s1. The molecule has 0 aliphatic carbocycles. The summed E-state index contributed by atoms with van der Waals surface area (Å²) in [4.78, 5) is 0. The monoisotopic (exact) mass is 227 g/mol. The Morgan fingerprint density at radius 1 is 1.12 bits per heavy atom. The quantitative estimate of drug-likeness (QED) is 0.724. The van der Waals surface area contributed by atoms with E-state index in [9.17, 15) is 0 Å². The minimum atomic E-state index is 0.228. The van der Waals surface area contributed by atoms with Crippen molar-refractivity contribution in [3.05, 3.63) is 49.4 Å². The molecule has 1 atom stereocenters. The molecule has 17 heavy (non-hydrogen) atoms. The first-order chi connectivity index (χ1) is 8.35. The molecule has 0 fully saturated rings. The highest BCUT2D eigenvalue weighted by molar-refractivity contribution is 5.88. The molecule has 0 saturated heterocycles. The van der Waals surface area contributed by atoms with Crippen molar-refractivity contribution in [2.75, 3.05) is 0 Å². The summed E-state index contributed by atoms with van der Waals surface area (Å²) >= 11 is 0. The number of hydrogen-bond acceptors (Lipinski definition) is 1. The number of hydrogen-bond donors (Lipinski definition) is 0. The van der Waals surface area contributed by atoms with E-state index in [-0.39, 0.29) is 6.10 Å². The van der Waals surface area contributed by atoms with Crippen LogP contribution in [0, 0.1) is 6.92 Å². The van der Waals surface area contributed by atoms with Gasteiger partial charge in [-0.15, -0.1) is 0 Å².